The average Bonchev–Trinajstić information content (AvgIpc) is 2.60. The highest BCUT2D eigenvalue weighted by Gasteiger charge is 2.25. The molecule has 0 aliphatic rings. The number of aryl methyl sites for hydroxylation is 2. The van der Waals surface area contributed by atoms with Crippen molar-refractivity contribution in [2.45, 2.75) is 33.2 Å². The Morgan fingerprint density at radius 3 is 2.32 bits per heavy atom. The minimum absolute atomic E-state index is 0.314. The number of anilines is 1. The summed E-state index contributed by atoms with van der Waals surface area (Å²) in [6.07, 6.45) is 1.46. The lowest BCUT2D eigenvalue weighted by atomic mass is 9.99. The third-order valence-corrected chi connectivity index (χ3v) is 5.67. The molecule has 2 aromatic rings. The van der Waals surface area contributed by atoms with Crippen molar-refractivity contribution in [3.05, 3.63) is 64.7 Å². The monoisotopic (exact) mass is 410 g/mol. The fourth-order valence-electron chi connectivity index (χ4n) is 2.84. The highest BCUT2D eigenvalue weighted by atomic mass is 32.2. The Balaban J connectivity index is 2.24. The van der Waals surface area contributed by atoms with Crippen LogP contribution in [-0.4, -0.2) is 27.1 Å². The molecule has 2 aromatic carbocycles. The van der Waals surface area contributed by atoms with Gasteiger partial charge < -0.3 is 5.32 Å². The SMILES string of the molecule is CC[C@H](NC(=O)CN(c1ccc(F)cc1F)S(C)(=O)=O)c1ccc(C)c(C)c1. The molecule has 0 saturated heterocycles. The van der Waals surface area contributed by atoms with Gasteiger partial charge in [0.25, 0.3) is 0 Å². The smallest absolute Gasteiger partial charge is 0.241 e. The van der Waals surface area contributed by atoms with E-state index in [0.29, 0.717) is 16.8 Å². The molecule has 0 unspecified atom stereocenters. The van der Waals surface area contributed by atoms with Crippen molar-refractivity contribution in [2.75, 3.05) is 17.1 Å². The first-order chi connectivity index (χ1) is 13.0. The van der Waals surface area contributed by atoms with Gasteiger partial charge in [-0.1, -0.05) is 25.1 Å². The maximum atomic E-state index is 14.1. The molecule has 0 spiro atoms. The first-order valence-electron chi connectivity index (χ1n) is 8.82. The number of halogens is 2. The molecule has 1 atom stereocenters. The molecular weight excluding hydrogens is 386 g/mol. The molecular formula is C20H24F2N2O3S. The van der Waals surface area contributed by atoms with E-state index in [-0.39, 0.29) is 11.7 Å². The standard InChI is InChI=1S/C20H24F2N2O3S/c1-5-18(15-7-6-13(2)14(3)10-15)23-20(25)12-24(28(4,26)27)19-9-8-16(21)11-17(19)22/h6-11,18H,5,12H2,1-4H3,(H,23,25)/t18-/m0/s1. The number of nitrogens with zero attached hydrogens (tertiary/aromatic N) is 1. The van der Waals surface area contributed by atoms with Crippen LogP contribution < -0.4 is 9.62 Å². The van der Waals surface area contributed by atoms with Crippen LogP contribution in [0.15, 0.2) is 36.4 Å². The summed E-state index contributed by atoms with van der Waals surface area (Å²) in [6.45, 7) is 5.24. The van der Waals surface area contributed by atoms with Crippen LogP contribution in [0.25, 0.3) is 0 Å². The predicted molar refractivity (Wildman–Crippen MR) is 106 cm³/mol. The number of benzene rings is 2. The van der Waals surface area contributed by atoms with Gasteiger partial charge in [0.1, 0.15) is 18.2 Å². The summed E-state index contributed by atoms with van der Waals surface area (Å²) in [5.41, 5.74) is 2.73. The minimum Gasteiger partial charge on any atom is -0.348 e. The van der Waals surface area contributed by atoms with E-state index in [4.69, 9.17) is 0 Å². The van der Waals surface area contributed by atoms with Crippen LogP contribution in [0.4, 0.5) is 14.5 Å². The quantitative estimate of drug-likeness (QED) is 0.758. The molecule has 0 aliphatic heterocycles. The van der Waals surface area contributed by atoms with E-state index in [9.17, 15) is 22.0 Å². The van der Waals surface area contributed by atoms with Crippen molar-refractivity contribution in [3.63, 3.8) is 0 Å². The number of carbonyl (C=O) groups is 1. The van der Waals surface area contributed by atoms with Gasteiger partial charge in [-0.3, -0.25) is 9.10 Å². The van der Waals surface area contributed by atoms with Crippen LogP contribution >= 0.6 is 0 Å². The number of carbonyl (C=O) groups excluding carboxylic acids is 1. The molecule has 8 heteroatoms. The summed E-state index contributed by atoms with van der Waals surface area (Å²) >= 11 is 0. The topological polar surface area (TPSA) is 66.5 Å². The van der Waals surface area contributed by atoms with Crippen LogP contribution in [0.5, 0.6) is 0 Å². The second kappa shape index (κ2) is 8.68. The van der Waals surface area contributed by atoms with Gasteiger partial charge >= 0.3 is 0 Å². The van der Waals surface area contributed by atoms with Gasteiger partial charge in [-0.15, -0.1) is 0 Å². The van der Waals surface area contributed by atoms with Gasteiger partial charge in [0.2, 0.25) is 15.9 Å². The van der Waals surface area contributed by atoms with Crippen molar-refractivity contribution < 1.29 is 22.0 Å². The highest BCUT2D eigenvalue weighted by molar-refractivity contribution is 7.92. The van der Waals surface area contributed by atoms with Crippen molar-refractivity contribution in [2.24, 2.45) is 0 Å². The van der Waals surface area contributed by atoms with Crippen molar-refractivity contribution in [3.8, 4) is 0 Å². The molecule has 28 heavy (non-hydrogen) atoms. The summed E-state index contributed by atoms with van der Waals surface area (Å²) in [5.74, 6) is -2.47. The van der Waals surface area contributed by atoms with E-state index in [2.05, 4.69) is 5.32 Å². The van der Waals surface area contributed by atoms with Gasteiger partial charge in [0, 0.05) is 6.07 Å². The molecule has 0 heterocycles. The molecule has 5 nitrogen and oxygen atoms in total. The van der Waals surface area contributed by atoms with E-state index in [1.54, 1.807) is 0 Å². The molecule has 1 N–H and O–H groups in total. The zero-order valence-corrected chi connectivity index (χ0v) is 17.1. The predicted octanol–water partition coefficient (Wildman–Crippen LogP) is 3.62. The highest BCUT2D eigenvalue weighted by Crippen LogP contribution is 2.23. The number of rotatable bonds is 7. The maximum absolute atomic E-state index is 14.1. The molecule has 0 aromatic heterocycles. The van der Waals surface area contributed by atoms with Gasteiger partial charge in [0.15, 0.2) is 0 Å². The Kier molecular flexibility index (Phi) is 6.77. The van der Waals surface area contributed by atoms with E-state index < -0.39 is 34.1 Å². The minimum atomic E-state index is -3.96. The normalized spacial score (nSPS) is 12.5. The van der Waals surface area contributed by atoms with Crippen molar-refractivity contribution >= 4 is 21.6 Å². The van der Waals surface area contributed by atoms with Gasteiger partial charge in [-0.2, -0.15) is 0 Å². The fraction of sp³-hybridized carbons (Fsp3) is 0.350. The van der Waals surface area contributed by atoms with Crippen LogP contribution in [0.3, 0.4) is 0 Å². The Morgan fingerprint density at radius 1 is 1.11 bits per heavy atom. The second-order valence-corrected chi connectivity index (χ2v) is 8.64. The van der Waals surface area contributed by atoms with E-state index in [1.165, 1.54) is 0 Å². The Bertz CT molecular complexity index is 977. The number of amides is 1. The van der Waals surface area contributed by atoms with Gasteiger partial charge in [-0.05, 0) is 49.1 Å². The first-order valence-corrected chi connectivity index (χ1v) is 10.7. The van der Waals surface area contributed by atoms with Crippen LogP contribution in [0.2, 0.25) is 0 Å². The number of hydrogen-bond donors (Lipinski definition) is 1. The average molecular weight is 410 g/mol. The molecule has 0 radical (unpaired) electrons. The molecule has 0 bridgehead atoms. The van der Waals surface area contributed by atoms with Gasteiger partial charge in [0.05, 0.1) is 18.0 Å². The lowest BCUT2D eigenvalue weighted by Crippen LogP contribution is -2.42. The van der Waals surface area contributed by atoms with E-state index in [0.717, 1.165) is 35.1 Å². The lowest BCUT2D eigenvalue weighted by molar-refractivity contribution is -0.120. The third-order valence-electron chi connectivity index (χ3n) is 4.54. The Morgan fingerprint density at radius 2 is 1.79 bits per heavy atom. The summed E-state index contributed by atoms with van der Waals surface area (Å²) in [6, 6.07) is 8.04. The van der Waals surface area contributed by atoms with Crippen LogP contribution in [0.1, 0.15) is 36.1 Å². The molecule has 0 aliphatic carbocycles. The van der Waals surface area contributed by atoms with Crippen molar-refractivity contribution in [1.82, 2.24) is 5.32 Å². The zero-order valence-electron chi connectivity index (χ0n) is 16.3. The fourth-order valence-corrected chi connectivity index (χ4v) is 3.69. The Labute approximate surface area is 164 Å². The largest absolute Gasteiger partial charge is 0.348 e. The van der Waals surface area contributed by atoms with E-state index in [1.807, 2.05) is 39.0 Å². The third kappa shape index (κ3) is 5.28. The molecule has 0 fully saturated rings. The maximum Gasteiger partial charge on any atom is 0.241 e. The lowest BCUT2D eigenvalue weighted by Gasteiger charge is -2.24. The molecule has 0 saturated carbocycles. The molecule has 152 valence electrons. The number of hydrogen-bond acceptors (Lipinski definition) is 3. The number of nitrogens with one attached hydrogen (secondary N) is 1. The molecule has 1 amide bonds. The van der Waals surface area contributed by atoms with Crippen LogP contribution in [0, 0.1) is 25.5 Å². The van der Waals surface area contributed by atoms with Crippen molar-refractivity contribution in [1.29, 1.82) is 0 Å². The summed E-state index contributed by atoms with van der Waals surface area (Å²) in [5, 5.41) is 2.79. The second-order valence-electron chi connectivity index (χ2n) is 6.74. The Hall–Kier alpha value is -2.48. The van der Waals surface area contributed by atoms with E-state index >= 15 is 0 Å². The summed E-state index contributed by atoms with van der Waals surface area (Å²) in [7, 11) is -3.96. The summed E-state index contributed by atoms with van der Waals surface area (Å²) in [4.78, 5) is 12.5. The number of sulfonamides is 1. The molecule has 2 rings (SSSR count). The first kappa shape index (κ1) is 21.8. The zero-order chi connectivity index (χ0) is 21.1. The van der Waals surface area contributed by atoms with Crippen LogP contribution in [-0.2, 0) is 14.8 Å². The van der Waals surface area contributed by atoms with Gasteiger partial charge in [-0.25, -0.2) is 17.2 Å². The summed E-state index contributed by atoms with van der Waals surface area (Å²) < 4.78 is 52.1.